The summed E-state index contributed by atoms with van der Waals surface area (Å²) in [6.45, 7) is 13.5. The molecule has 0 nitrogen and oxygen atoms in total. The Hall–Kier alpha value is 0.290. The highest BCUT2D eigenvalue weighted by Gasteiger charge is 2.28. The second kappa shape index (κ2) is 4.68. The molecule has 0 aromatic heterocycles. The smallest absolute Gasteiger partial charge is 0.0421 e. The molecule has 2 atom stereocenters. The highest BCUT2D eigenvalue weighted by atomic mass is 35.5. The van der Waals surface area contributed by atoms with Gasteiger partial charge in [-0.1, -0.05) is 41.0 Å². The van der Waals surface area contributed by atoms with Gasteiger partial charge in [0.15, 0.2) is 0 Å². The summed E-state index contributed by atoms with van der Waals surface area (Å²) >= 11 is 6.44. The highest BCUT2D eigenvalue weighted by molar-refractivity contribution is 6.23. The summed E-state index contributed by atoms with van der Waals surface area (Å²) in [6.07, 6.45) is 3.41. The first-order valence-corrected chi connectivity index (χ1v) is 5.76. The molecule has 13 heavy (non-hydrogen) atoms. The second-order valence-corrected chi connectivity index (χ2v) is 6.55. The molecular formula is C12H25Cl. The van der Waals surface area contributed by atoms with Crippen LogP contribution in [0.1, 0.15) is 60.8 Å². The zero-order chi connectivity index (χ0) is 10.7. The molecule has 0 N–H and O–H groups in total. The van der Waals surface area contributed by atoms with Gasteiger partial charge in [0.25, 0.3) is 0 Å². The summed E-state index contributed by atoms with van der Waals surface area (Å²) in [5, 5.41) is 0. The molecule has 0 saturated carbocycles. The van der Waals surface area contributed by atoms with Crippen molar-refractivity contribution in [2.45, 2.75) is 65.7 Å². The monoisotopic (exact) mass is 204 g/mol. The standard InChI is InChI=1S/C12H25Cl/c1-7-8-12(6,13)9-10(2)11(3,4)5/h10H,7-9H2,1-6H3. The quantitative estimate of drug-likeness (QED) is 0.574. The zero-order valence-corrected chi connectivity index (χ0v) is 10.8. The molecule has 80 valence electrons. The Balaban J connectivity index is 4.11. The lowest BCUT2D eigenvalue weighted by Gasteiger charge is -2.33. The molecule has 0 saturated heterocycles. The summed E-state index contributed by atoms with van der Waals surface area (Å²) in [5.74, 6) is 0.682. The van der Waals surface area contributed by atoms with E-state index in [1.165, 1.54) is 6.42 Å². The number of alkyl halides is 1. The third-order valence-electron chi connectivity index (χ3n) is 2.98. The fourth-order valence-corrected chi connectivity index (χ4v) is 1.99. The molecule has 0 fully saturated rings. The van der Waals surface area contributed by atoms with Crippen molar-refractivity contribution >= 4 is 11.6 Å². The maximum absolute atomic E-state index is 6.44. The Morgan fingerprint density at radius 2 is 1.62 bits per heavy atom. The molecule has 0 spiro atoms. The summed E-state index contributed by atoms with van der Waals surface area (Å²) in [4.78, 5) is 0.00144. The Bertz CT molecular complexity index is 142. The number of rotatable bonds is 4. The molecule has 2 unspecified atom stereocenters. The molecule has 0 heterocycles. The van der Waals surface area contributed by atoms with Crippen LogP contribution in [0.15, 0.2) is 0 Å². The van der Waals surface area contributed by atoms with E-state index in [2.05, 4.69) is 41.5 Å². The van der Waals surface area contributed by atoms with Crippen LogP contribution < -0.4 is 0 Å². The van der Waals surface area contributed by atoms with Crippen molar-refractivity contribution in [1.29, 1.82) is 0 Å². The van der Waals surface area contributed by atoms with Crippen LogP contribution in [0.5, 0.6) is 0 Å². The van der Waals surface area contributed by atoms with Crippen LogP contribution in [0.25, 0.3) is 0 Å². The van der Waals surface area contributed by atoms with Crippen LogP contribution in [0.4, 0.5) is 0 Å². The largest absolute Gasteiger partial charge is 0.120 e. The molecule has 1 heteroatoms. The lowest BCUT2D eigenvalue weighted by Crippen LogP contribution is -2.27. The first kappa shape index (κ1) is 13.3. The van der Waals surface area contributed by atoms with Gasteiger partial charge in [-0.3, -0.25) is 0 Å². The van der Waals surface area contributed by atoms with Gasteiger partial charge in [0.05, 0.1) is 0 Å². The van der Waals surface area contributed by atoms with Crippen molar-refractivity contribution in [3.63, 3.8) is 0 Å². The predicted molar refractivity (Wildman–Crippen MR) is 62.4 cm³/mol. The van der Waals surface area contributed by atoms with Crippen molar-refractivity contribution in [2.24, 2.45) is 11.3 Å². The van der Waals surface area contributed by atoms with Gasteiger partial charge in [0, 0.05) is 4.87 Å². The van der Waals surface area contributed by atoms with E-state index in [4.69, 9.17) is 11.6 Å². The number of hydrogen-bond acceptors (Lipinski definition) is 0. The summed E-state index contributed by atoms with van der Waals surface area (Å²) < 4.78 is 0. The van der Waals surface area contributed by atoms with E-state index in [1.807, 2.05) is 0 Å². The van der Waals surface area contributed by atoms with E-state index in [0.717, 1.165) is 12.8 Å². The van der Waals surface area contributed by atoms with Crippen molar-refractivity contribution in [3.05, 3.63) is 0 Å². The van der Waals surface area contributed by atoms with Crippen LogP contribution in [0.3, 0.4) is 0 Å². The molecule has 0 radical (unpaired) electrons. The lowest BCUT2D eigenvalue weighted by molar-refractivity contribution is 0.223. The zero-order valence-electron chi connectivity index (χ0n) is 10.1. The van der Waals surface area contributed by atoms with Gasteiger partial charge >= 0.3 is 0 Å². The van der Waals surface area contributed by atoms with Crippen LogP contribution in [-0.4, -0.2) is 4.87 Å². The average molecular weight is 205 g/mol. The van der Waals surface area contributed by atoms with Crippen molar-refractivity contribution in [1.82, 2.24) is 0 Å². The fourth-order valence-electron chi connectivity index (χ4n) is 1.57. The van der Waals surface area contributed by atoms with Gasteiger partial charge in [0.1, 0.15) is 0 Å². The van der Waals surface area contributed by atoms with Crippen LogP contribution in [-0.2, 0) is 0 Å². The highest BCUT2D eigenvalue weighted by Crippen LogP contribution is 2.36. The molecule has 0 aliphatic carbocycles. The SMILES string of the molecule is CCCC(C)(Cl)CC(C)C(C)(C)C. The molecule has 0 aliphatic rings. The van der Waals surface area contributed by atoms with Crippen LogP contribution >= 0.6 is 11.6 Å². The fraction of sp³-hybridized carbons (Fsp3) is 1.00. The second-order valence-electron chi connectivity index (χ2n) is 5.63. The van der Waals surface area contributed by atoms with Gasteiger partial charge < -0.3 is 0 Å². The first-order valence-electron chi connectivity index (χ1n) is 5.38. The molecule has 0 aliphatic heterocycles. The minimum atomic E-state index is 0.00144. The van der Waals surface area contributed by atoms with Crippen molar-refractivity contribution in [3.8, 4) is 0 Å². The number of halogens is 1. The summed E-state index contributed by atoms with van der Waals surface area (Å²) in [6, 6.07) is 0. The van der Waals surface area contributed by atoms with Crippen molar-refractivity contribution < 1.29 is 0 Å². The van der Waals surface area contributed by atoms with E-state index >= 15 is 0 Å². The minimum absolute atomic E-state index is 0.00144. The normalized spacial score (nSPS) is 19.6. The third kappa shape index (κ3) is 5.57. The van der Waals surface area contributed by atoms with E-state index in [1.54, 1.807) is 0 Å². The van der Waals surface area contributed by atoms with E-state index in [0.29, 0.717) is 11.3 Å². The maximum Gasteiger partial charge on any atom is 0.0421 e. The molecule has 0 aromatic carbocycles. The predicted octanol–water partition coefficient (Wildman–Crippen LogP) is 4.86. The minimum Gasteiger partial charge on any atom is -0.120 e. The first-order chi connectivity index (χ1) is 5.69. The Morgan fingerprint density at radius 1 is 1.15 bits per heavy atom. The third-order valence-corrected chi connectivity index (χ3v) is 3.32. The molecular weight excluding hydrogens is 180 g/mol. The van der Waals surface area contributed by atoms with E-state index in [-0.39, 0.29) is 4.87 Å². The molecule has 0 amide bonds. The van der Waals surface area contributed by atoms with Crippen LogP contribution in [0.2, 0.25) is 0 Å². The average Bonchev–Trinajstić information content (AvgIpc) is 1.83. The van der Waals surface area contributed by atoms with Gasteiger partial charge in [-0.15, -0.1) is 11.6 Å². The van der Waals surface area contributed by atoms with E-state index < -0.39 is 0 Å². The summed E-state index contributed by atoms with van der Waals surface area (Å²) in [7, 11) is 0. The Labute approximate surface area is 89.1 Å². The van der Waals surface area contributed by atoms with Gasteiger partial charge in [-0.2, -0.15) is 0 Å². The Morgan fingerprint density at radius 3 is 1.92 bits per heavy atom. The Kier molecular flexibility index (Phi) is 4.79. The van der Waals surface area contributed by atoms with Crippen LogP contribution in [0, 0.1) is 11.3 Å². The lowest BCUT2D eigenvalue weighted by atomic mass is 9.76. The van der Waals surface area contributed by atoms with Gasteiger partial charge in [-0.05, 0) is 31.1 Å². The van der Waals surface area contributed by atoms with Gasteiger partial charge in [-0.25, -0.2) is 0 Å². The number of hydrogen-bond donors (Lipinski definition) is 0. The summed E-state index contributed by atoms with van der Waals surface area (Å²) in [5.41, 5.74) is 0.379. The molecule has 0 bridgehead atoms. The van der Waals surface area contributed by atoms with Gasteiger partial charge in [0.2, 0.25) is 0 Å². The van der Waals surface area contributed by atoms with E-state index in [9.17, 15) is 0 Å². The molecule has 0 aromatic rings. The topological polar surface area (TPSA) is 0 Å². The van der Waals surface area contributed by atoms with Crippen molar-refractivity contribution in [2.75, 3.05) is 0 Å². The maximum atomic E-state index is 6.44. The molecule has 0 rings (SSSR count).